The average molecular weight is 355 g/mol. The molecule has 0 heterocycles. The van der Waals surface area contributed by atoms with Crippen molar-refractivity contribution >= 4 is 17.3 Å². The van der Waals surface area contributed by atoms with Crippen LogP contribution in [0.25, 0.3) is 0 Å². The van der Waals surface area contributed by atoms with Crippen molar-refractivity contribution in [3.8, 4) is 5.75 Å². The van der Waals surface area contributed by atoms with Gasteiger partial charge in [0.1, 0.15) is 18.0 Å². The van der Waals surface area contributed by atoms with Crippen molar-refractivity contribution in [3.05, 3.63) is 63.7 Å². The minimum atomic E-state index is -0.488. The third-order valence-corrected chi connectivity index (χ3v) is 4.04. The average Bonchev–Trinajstić information content (AvgIpc) is 3.42. The van der Waals surface area contributed by atoms with Gasteiger partial charge in [-0.05, 0) is 49.6 Å². The number of nitrogens with one attached hydrogen (secondary N) is 2. The first-order chi connectivity index (χ1) is 12.5. The van der Waals surface area contributed by atoms with E-state index in [1.165, 1.54) is 6.07 Å². The molecular formula is C19H21N3O4. The predicted octanol–water partition coefficient (Wildman–Crippen LogP) is 3.29. The molecule has 136 valence electrons. The van der Waals surface area contributed by atoms with Crippen LogP contribution in [0.5, 0.6) is 5.75 Å². The fourth-order valence-corrected chi connectivity index (χ4v) is 2.53. The second-order valence-electron chi connectivity index (χ2n) is 6.33. The molecule has 1 amide bonds. The Morgan fingerprint density at radius 3 is 2.77 bits per heavy atom. The number of anilines is 1. The Morgan fingerprint density at radius 2 is 2.08 bits per heavy atom. The van der Waals surface area contributed by atoms with E-state index in [4.69, 9.17) is 4.74 Å². The first kappa shape index (κ1) is 17.7. The molecule has 26 heavy (non-hydrogen) atoms. The lowest BCUT2D eigenvalue weighted by Crippen LogP contribution is -2.25. The summed E-state index contributed by atoms with van der Waals surface area (Å²) in [5, 5.41) is 17.2. The number of carbonyl (C=O) groups is 1. The van der Waals surface area contributed by atoms with Crippen molar-refractivity contribution in [2.75, 3.05) is 18.5 Å². The van der Waals surface area contributed by atoms with Crippen LogP contribution in [0.4, 0.5) is 11.4 Å². The highest BCUT2D eigenvalue weighted by Gasteiger charge is 2.25. The zero-order valence-electron chi connectivity index (χ0n) is 14.5. The summed E-state index contributed by atoms with van der Waals surface area (Å²) >= 11 is 0. The number of rotatable bonds is 8. The number of ether oxygens (including phenoxy) is 1. The van der Waals surface area contributed by atoms with E-state index in [-0.39, 0.29) is 17.6 Å². The summed E-state index contributed by atoms with van der Waals surface area (Å²) in [5.41, 5.74) is 1.64. The SMILES string of the molecule is Cc1cccc(OCCNc2ccc(C(=O)NC3CC3)cc2[N+](=O)[O-])c1. The first-order valence-corrected chi connectivity index (χ1v) is 8.55. The van der Waals surface area contributed by atoms with Gasteiger partial charge in [-0.2, -0.15) is 0 Å². The molecule has 2 aromatic rings. The number of nitro benzene ring substituents is 1. The van der Waals surface area contributed by atoms with Gasteiger partial charge in [-0.3, -0.25) is 14.9 Å². The molecule has 0 radical (unpaired) electrons. The lowest BCUT2D eigenvalue weighted by molar-refractivity contribution is -0.384. The van der Waals surface area contributed by atoms with Crippen molar-refractivity contribution in [2.45, 2.75) is 25.8 Å². The maximum atomic E-state index is 12.1. The molecule has 2 N–H and O–H groups in total. The zero-order chi connectivity index (χ0) is 18.5. The van der Waals surface area contributed by atoms with Crippen LogP contribution >= 0.6 is 0 Å². The number of aryl methyl sites for hydroxylation is 1. The molecule has 7 nitrogen and oxygen atoms in total. The van der Waals surface area contributed by atoms with Crippen LogP contribution in [0.1, 0.15) is 28.8 Å². The van der Waals surface area contributed by atoms with Crippen molar-refractivity contribution in [1.29, 1.82) is 0 Å². The molecule has 0 aliphatic heterocycles. The number of amides is 1. The summed E-state index contributed by atoms with van der Waals surface area (Å²) in [6, 6.07) is 12.4. The largest absolute Gasteiger partial charge is 0.492 e. The standard InChI is InChI=1S/C19H21N3O4/c1-13-3-2-4-16(11-13)26-10-9-20-17-8-5-14(12-18(17)22(24)25)19(23)21-15-6-7-15/h2-5,8,11-12,15,20H,6-7,9-10H2,1H3,(H,21,23). The minimum Gasteiger partial charge on any atom is -0.492 e. The van der Waals surface area contributed by atoms with Crippen molar-refractivity contribution < 1.29 is 14.5 Å². The fraction of sp³-hybridized carbons (Fsp3) is 0.316. The van der Waals surface area contributed by atoms with Gasteiger partial charge in [0.25, 0.3) is 11.6 Å². The zero-order valence-corrected chi connectivity index (χ0v) is 14.5. The molecule has 0 bridgehead atoms. The Bertz CT molecular complexity index is 818. The normalized spacial score (nSPS) is 13.1. The van der Waals surface area contributed by atoms with Gasteiger partial charge in [-0.15, -0.1) is 0 Å². The highest BCUT2D eigenvalue weighted by Crippen LogP contribution is 2.26. The topological polar surface area (TPSA) is 93.5 Å². The molecule has 3 rings (SSSR count). The van der Waals surface area contributed by atoms with Crippen LogP contribution in [0.15, 0.2) is 42.5 Å². The maximum absolute atomic E-state index is 12.1. The van der Waals surface area contributed by atoms with E-state index in [0.717, 1.165) is 24.2 Å². The quantitative estimate of drug-likeness (QED) is 0.430. The molecule has 1 aliphatic rings. The summed E-state index contributed by atoms with van der Waals surface area (Å²) in [6.07, 6.45) is 1.93. The number of nitro groups is 1. The Morgan fingerprint density at radius 1 is 1.27 bits per heavy atom. The van der Waals surface area contributed by atoms with Crippen molar-refractivity contribution in [2.24, 2.45) is 0 Å². The summed E-state index contributed by atoms with van der Waals surface area (Å²) in [4.78, 5) is 22.9. The third kappa shape index (κ3) is 4.72. The van der Waals surface area contributed by atoms with Crippen LogP contribution in [-0.4, -0.2) is 30.0 Å². The predicted molar refractivity (Wildman–Crippen MR) is 98.7 cm³/mol. The van der Waals surface area contributed by atoms with Crippen LogP contribution in [-0.2, 0) is 0 Å². The monoisotopic (exact) mass is 355 g/mol. The van der Waals surface area contributed by atoms with Crippen LogP contribution in [0.3, 0.4) is 0 Å². The van der Waals surface area contributed by atoms with E-state index in [2.05, 4.69) is 10.6 Å². The molecule has 0 saturated heterocycles. The minimum absolute atomic E-state index is 0.121. The second-order valence-corrected chi connectivity index (χ2v) is 6.33. The van der Waals surface area contributed by atoms with Gasteiger partial charge >= 0.3 is 0 Å². The number of nitrogens with zero attached hydrogens (tertiary/aromatic N) is 1. The highest BCUT2D eigenvalue weighted by atomic mass is 16.6. The van der Waals surface area contributed by atoms with Gasteiger partial charge in [0.2, 0.25) is 0 Å². The molecule has 1 aliphatic carbocycles. The second kappa shape index (κ2) is 7.86. The summed E-state index contributed by atoms with van der Waals surface area (Å²) in [5.74, 6) is 0.485. The molecule has 0 atom stereocenters. The van der Waals surface area contributed by atoms with E-state index in [1.807, 2.05) is 31.2 Å². The van der Waals surface area contributed by atoms with Gasteiger partial charge in [0.15, 0.2) is 0 Å². The number of hydrogen-bond acceptors (Lipinski definition) is 5. The molecule has 0 spiro atoms. The molecule has 1 saturated carbocycles. The van der Waals surface area contributed by atoms with Gasteiger partial charge in [0, 0.05) is 24.2 Å². The maximum Gasteiger partial charge on any atom is 0.293 e. The molecular weight excluding hydrogens is 334 g/mol. The van der Waals surface area contributed by atoms with E-state index in [9.17, 15) is 14.9 Å². The fourth-order valence-electron chi connectivity index (χ4n) is 2.53. The van der Waals surface area contributed by atoms with E-state index in [1.54, 1.807) is 12.1 Å². The van der Waals surface area contributed by atoms with Crippen molar-refractivity contribution in [3.63, 3.8) is 0 Å². The molecule has 0 aromatic heterocycles. The molecule has 0 unspecified atom stereocenters. The van der Waals surface area contributed by atoms with Crippen LogP contribution in [0, 0.1) is 17.0 Å². The molecule has 2 aromatic carbocycles. The van der Waals surface area contributed by atoms with Gasteiger partial charge < -0.3 is 15.4 Å². The lowest BCUT2D eigenvalue weighted by atomic mass is 10.1. The number of benzene rings is 2. The molecule has 1 fully saturated rings. The van der Waals surface area contributed by atoms with Crippen LogP contribution in [0.2, 0.25) is 0 Å². The molecule has 7 heteroatoms. The Balaban J connectivity index is 1.59. The Labute approximate surface area is 151 Å². The number of carbonyl (C=O) groups excluding carboxylic acids is 1. The van der Waals surface area contributed by atoms with E-state index >= 15 is 0 Å². The lowest BCUT2D eigenvalue weighted by Gasteiger charge is -2.10. The van der Waals surface area contributed by atoms with E-state index in [0.29, 0.717) is 24.4 Å². The van der Waals surface area contributed by atoms with Gasteiger partial charge in [-0.25, -0.2) is 0 Å². The Kier molecular flexibility index (Phi) is 5.36. The smallest absolute Gasteiger partial charge is 0.293 e. The summed E-state index contributed by atoms with van der Waals surface area (Å²) < 4.78 is 5.63. The van der Waals surface area contributed by atoms with E-state index < -0.39 is 4.92 Å². The van der Waals surface area contributed by atoms with Gasteiger partial charge in [0.05, 0.1) is 4.92 Å². The van der Waals surface area contributed by atoms with Crippen LogP contribution < -0.4 is 15.4 Å². The summed E-state index contributed by atoms with van der Waals surface area (Å²) in [6.45, 7) is 2.75. The third-order valence-electron chi connectivity index (χ3n) is 4.04. The Hall–Kier alpha value is -3.09. The van der Waals surface area contributed by atoms with Crippen molar-refractivity contribution in [1.82, 2.24) is 5.32 Å². The van der Waals surface area contributed by atoms with Gasteiger partial charge in [-0.1, -0.05) is 12.1 Å². The first-order valence-electron chi connectivity index (χ1n) is 8.55. The highest BCUT2D eigenvalue weighted by molar-refractivity contribution is 5.96. The summed E-state index contributed by atoms with van der Waals surface area (Å²) in [7, 11) is 0. The number of hydrogen-bond donors (Lipinski definition) is 2.